The lowest BCUT2D eigenvalue weighted by Crippen LogP contribution is -2.26. The minimum atomic E-state index is -0.189. The SMILES string of the molecule is CON(C)C(=O)c1ccccc1Nc1cccc(C)c1C. The largest absolute Gasteiger partial charge is 0.355 e. The Morgan fingerprint density at radius 3 is 2.43 bits per heavy atom. The van der Waals surface area contributed by atoms with Crippen molar-refractivity contribution in [1.82, 2.24) is 5.06 Å². The average Bonchev–Trinajstić information content (AvgIpc) is 2.51. The quantitative estimate of drug-likeness (QED) is 0.871. The minimum absolute atomic E-state index is 0.189. The van der Waals surface area contributed by atoms with Crippen LogP contribution in [0.4, 0.5) is 11.4 Å². The Hall–Kier alpha value is -2.33. The maximum Gasteiger partial charge on any atom is 0.279 e. The summed E-state index contributed by atoms with van der Waals surface area (Å²) in [6.45, 7) is 4.12. The number of hydrogen-bond acceptors (Lipinski definition) is 3. The second-order valence-corrected chi connectivity index (χ2v) is 4.90. The molecule has 1 amide bonds. The lowest BCUT2D eigenvalue weighted by molar-refractivity contribution is -0.0756. The van der Waals surface area contributed by atoms with Crippen LogP contribution in [0.2, 0.25) is 0 Å². The number of benzene rings is 2. The summed E-state index contributed by atoms with van der Waals surface area (Å²) in [7, 11) is 3.07. The van der Waals surface area contributed by atoms with Crippen LogP contribution >= 0.6 is 0 Å². The number of carbonyl (C=O) groups excluding carboxylic acids is 1. The second kappa shape index (κ2) is 6.41. The predicted molar refractivity (Wildman–Crippen MR) is 84.7 cm³/mol. The van der Waals surface area contributed by atoms with Crippen molar-refractivity contribution in [3.63, 3.8) is 0 Å². The van der Waals surface area contributed by atoms with Gasteiger partial charge in [0, 0.05) is 12.7 Å². The van der Waals surface area contributed by atoms with Crippen molar-refractivity contribution in [2.45, 2.75) is 13.8 Å². The molecule has 21 heavy (non-hydrogen) atoms. The van der Waals surface area contributed by atoms with E-state index in [1.54, 1.807) is 13.1 Å². The van der Waals surface area contributed by atoms with Crippen LogP contribution in [0, 0.1) is 13.8 Å². The van der Waals surface area contributed by atoms with Gasteiger partial charge in [0.05, 0.1) is 18.4 Å². The molecule has 0 aliphatic heterocycles. The van der Waals surface area contributed by atoms with Gasteiger partial charge < -0.3 is 5.32 Å². The molecule has 0 spiro atoms. The highest BCUT2D eigenvalue weighted by molar-refractivity contribution is 5.99. The number of nitrogens with zero attached hydrogens (tertiary/aromatic N) is 1. The van der Waals surface area contributed by atoms with Crippen LogP contribution in [-0.4, -0.2) is 25.1 Å². The zero-order valence-electron chi connectivity index (χ0n) is 12.8. The zero-order valence-corrected chi connectivity index (χ0v) is 12.8. The minimum Gasteiger partial charge on any atom is -0.355 e. The molecule has 0 saturated carbocycles. The summed E-state index contributed by atoms with van der Waals surface area (Å²) in [4.78, 5) is 17.3. The molecule has 0 aliphatic carbocycles. The number of hydroxylamine groups is 2. The smallest absolute Gasteiger partial charge is 0.279 e. The number of rotatable bonds is 4. The number of para-hydroxylation sites is 1. The van der Waals surface area contributed by atoms with E-state index in [1.165, 1.54) is 23.3 Å². The molecular weight excluding hydrogens is 264 g/mol. The van der Waals surface area contributed by atoms with Gasteiger partial charge in [-0.15, -0.1) is 0 Å². The molecule has 0 aliphatic rings. The summed E-state index contributed by atoms with van der Waals surface area (Å²) in [6, 6.07) is 13.5. The van der Waals surface area contributed by atoms with Crippen molar-refractivity contribution in [3.05, 3.63) is 59.2 Å². The van der Waals surface area contributed by atoms with Gasteiger partial charge in [-0.2, -0.15) is 0 Å². The van der Waals surface area contributed by atoms with Gasteiger partial charge in [-0.1, -0.05) is 24.3 Å². The molecule has 0 radical (unpaired) electrons. The first-order chi connectivity index (χ1) is 10.0. The first-order valence-electron chi connectivity index (χ1n) is 6.79. The van der Waals surface area contributed by atoms with Crippen LogP contribution in [0.3, 0.4) is 0 Å². The fourth-order valence-corrected chi connectivity index (χ4v) is 2.06. The number of anilines is 2. The Kier molecular flexibility index (Phi) is 4.60. The van der Waals surface area contributed by atoms with Gasteiger partial charge in [-0.25, -0.2) is 5.06 Å². The number of nitrogens with one attached hydrogen (secondary N) is 1. The summed E-state index contributed by atoms with van der Waals surface area (Å²) in [5.74, 6) is -0.189. The number of carbonyl (C=O) groups is 1. The first kappa shape index (κ1) is 15.1. The third-order valence-electron chi connectivity index (χ3n) is 3.59. The van der Waals surface area contributed by atoms with E-state index >= 15 is 0 Å². The van der Waals surface area contributed by atoms with Gasteiger partial charge in [-0.05, 0) is 43.2 Å². The maximum atomic E-state index is 12.3. The van der Waals surface area contributed by atoms with Crippen molar-refractivity contribution in [1.29, 1.82) is 0 Å². The van der Waals surface area contributed by atoms with E-state index < -0.39 is 0 Å². The molecule has 0 aromatic heterocycles. The molecule has 2 aromatic carbocycles. The number of aryl methyl sites for hydroxylation is 1. The van der Waals surface area contributed by atoms with E-state index in [4.69, 9.17) is 4.84 Å². The highest BCUT2D eigenvalue weighted by atomic mass is 16.7. The Bertz CT molecular complexity index is 653. The second-order valence-electron chi connectivity index (χ2n) is 4.90. The van der Waals surface area contributed by atoms with Crippen LogP contribution in [0.15, 0.2) is 42.5 Å². The lowest BCUT2D eigenvalue weighted by Gasteiger charge is -2.18. The summed E-state index contributed by atoms with van der Waals surface area (Å²) in [6.07, 6.45) is 0. The Balaban J connectivity index is 2.37. The molecule has 2 rings (SSSR count). The lowest BCUT2D eigenvalue weighted by atomic mass is 10.1. The molecule has 0 atom stereocenters. The van der Waals surface area contributed by atoms with Gasteiger partial charge >= 0.3 is 0 Å². The van der Waals surface area contributed by atoms with Crippen molar-refractivity contribution in [2.24, 2.45) is 0 Å². The topological polar surface area (TPSA) is 41.6 Å². The fourth-order valence-electron chi connectivity index (χ4n) is 2.06. The highest BCUT2D eigenvalue weighted by Gasteiger charge is 2.15. The zero-order chi connectivity index (χ0) is 15.4. The highest BCUT2D eigenvalue weighted by Crippen LogP contribution is 2.25. The standard InChI is InChI=1S/C17H20N2O2/c1-12-8-7-11-15(13(12)2)18-16-10-6-5-9-14(16)17(20)19(3)21-4/h5-11,18H,1-4H3. The van der Waals surface area contributed by atoms with Crippen LogP contribution in [0.1, 0.15) is 21.5 Å². The van der Waals surface area contributed by atoms with E-state index in [0.29, 0.717) is 5.56 Å². The van der Waals surface area contributed by atoms with Crippen LogP contribution < -0.4 is 5.32 Å². The summed E-state index contributed by atoms with van der Waals surface area (Å²) < 4.78 is 0. The molecule has 4 nitrogen and oxygen atoms in total. The van der Waals surface area contributed by atoms with Gasteiger partial charge in [0.25, 0.3) is 5.91 Å². The van der Waals surface area contributed by atoms with E-state index in [9.17, 15) is 4.79 Å². The van der Waals surface area contributed by atoms with Crippen LogP contribution in [0.5, 0.6) is 0 Å². The summed E-state index contributed by atoms with van der Waals surface area (Å²) in [5, 5.41) is 4.55. The third-order valence-corrected chi connectivity index (χ3v) is 3.59. The summed E-state index contributed by atoms with van der Waals surface area (Å²) >= 11 is 0. The van der Waals surface area contributed by atoms with Crippen LogP contribution in [0.25, 0.3) is 0 Å². The Labute approximate surface area is 125 Å². The monoisotopic (exact) mass is 284 g/mol. The maximum absolute atomic E-state index is 12.3. The Morgan fingerprint density at radius 1 is 1.05 bits per heavy atom. The molecule has 0 heterocycles. The Morgan fingerprint density at radius 2 is 1.71 bits per heavy atom. The molecule has 2 aromatic rings. The predicted octanol–water partition coefficient (Wildman–Crippen LogP) is 3.68. The van der Waals surface area contributed by atoms with E-state index in [2.05, 4.69) is 25.2 Å². The molecule has 0 unspecified atom stereocenters. The molecule has 0 bridgehead atoms. The van der Waals surface area contributed by atoms with Crippen molar-refractivity contribution < 1.29 is 9.63 Å². The van der Waals surface area contributed by atoms with E-state index in [0.717, 1.165) is 11.4 Å². The van der Waals surface area contributed by atoms with Crippen LogP contribution in [-0.2, 0) is 4.84 Å². The van der Waals surface area contributed by atoms with E-state index in [-0.39, 0.29) is 5.91 Å². The van der Waals surface area contributed by atoms with Gasteiger partial charge in [0.15, 0.2) is 0 Å². The van der Waals surface area contributed by atoms with Crippen molar-refractivity contribution in [3.8, 4) is 0 Å². The van der Waals surface area contributed by atoms with Gasteiger partial charge in [0.1, 0.15) is 0 Å². The van der Waals surface area contributed by atoms with Crippen molar-refractivity contribution >= 4 is 17.3 Å². The van der Waals surface area contributed by atoms with E-state index in [1.807, 2.05) is 30.3 Å². The average molecular weight is 284 g/mol. The molecule has 0 saturated heterocycles. The van der Waals surface area contributed by atoms with Gasteiger partial charge in [-0.3, -0.25) is 9.63 Å². The molecule has 4 heteroatoms. The molecular formula is C17H20N2O2. The van der Waals surface area contributed by atoms with Crippen molar-refractivity contribution in [2.75, 3.05) is 19.5 Å². The molecule has 0 fully saturated rings. The first-order valence-corrected chi connectivity index (χ1v) is 6.79. The van der Waals surface area contributed by atoms with Gasteiger partial charge in [0.2, 0.25) is 0 Å². The fraction of sp³-hybridized carbons (Fsp3) is 0.235. The molecule has 110 valence electrons. The number of hydrogen-bond donors (Lipinski definition) is 1. The third kappa shape index (κ3) is 3.23. The molecule has 1 N–H and O–H groups in total. The number of amides is 1. The normalized spacial score (nSPS) is 10.3. The summed E-state index contributed by atoms with van der Waals surface area (Å²) in [5.41, 5.74) is 4.70.